The van der Waals surface area contributed by atoms with Gasteiger partial charge in [-0.3, -0.25) is 4.79 Å². The lowest BCUT2D eigenvalue weighted by Gasteiger charge is -2.20. The summed E-state index contributed by atoms with van der Waals surface area (Å²) < 4.78 is 15.8. The summed E-state index contributed by atoms with van der Waals surface area (Å²) in [7, 11) is 3.02. The Labute approximate surface area is 160 Å². The molecule has 0 unspecified atom stereocenters. The van der Waals surface area contributed by atoms with Crippen molar-refractivity contribution in [3.8, 4) is 11.5 Å². The molecule has 1 rings (SSSR count). The van der Waals surface area contributed by atoms with Crippen LogP contribution in [-0.4, -0.2) is 44.5 Å². The molecule has 0 spiro atoms. The molecule has 1 amide bonds. The number of benzene rings is 1. The van der Waals surface area contributed by atoms with Crippen LogP contribution in [0.4, 0.5) is 4.79 Å². The second-order valence-electron chi connectivity index (χ2n) is 7.03. The van der Waals surface area contributed by atoms with Crippen molar-refractivity contribution in [1.29, 1.82) is 0 Å². The summed E-state index contributed by atoms with van der Waals surface area (Å²) in [6.07, 6.45) is 1.81. The van der Waals surface area contributed by atoms with E-state index in [0.29, 0.717) is 42.9 Å². The van der Waals surface area contributed by atoms with Gasteiger partial charge in [0, 0.05) is 24.9 Å². The van der Waals surface area contributed by atoms with Gasteiger partial charge in [-0.1, -0.05) is 0 Å². The highest BCUT2D eigenvalue weighted by Crippen LogP contribution is 2.31. The monoisotopic (exact) mass is 379 g/mol. The molecule has 1 N–H and O–H groups in total. The fourth-order valence-corrected chi connectivity index (χ4v) is 2.48. The zero-order chi connectivity index (χ0) is 20.4. The minimum absolute atomic E-state index is 0.0786. The number of methoxy groups -OCH3 is 2. The molecule has 0 aliphatic rings. The number of hydrogen-bond acceptors (Lipinski definition) is 6. The maximum atomic E-state index is 12.6. The smallest absolute Gasteiger partial charge is 0.407 e. The van der Waals surface area contributed by atoms with Gasteiger partial charge in [0.2, 0.25) is 0 Å². The number of carbonyl (C=O) groups is 3. The molecule has 0 fully saturated rings. The highest BCUT2D eigenvalue weighted by atomic mass is 16.6. The van der Waals surface area contributed by atoms with E-state index in [1.165, 1.54) is 14.2 Å². The van der Waals surface area contributed by atoms with Gasteiger partial charge in [0.25, 0.3) is 0 Å². The lowest BCUT2D eigenvalue weighted by Crippen LogP contribution is -2.33. The molecule has 0 atom stereocenters. The van der Waals surface area contributed by atoms with Crippen LogP contribution in [0.5, 0.6) is 11.5 Å². The van der Waals surface area contributed by atoms with E-state index in [1.807, 2.05) is 0 Å². The fraction of sp³-hybridized carbons (Fsp3) is 0.550. The van der Waals surface area contributed by atoms with Crippen LogP contribution >= 0.6 is 0 Å². The number of carbonyl (C=O) groups excluding carboxylic acids is 3. The quantitative estimate of drug-likeness (QED) is 0.381. The summed E-state index contributed by atoms with van der Waals surface area (Å²) >= 11 is 0. The molecule has 7 nitrogen and oxygen atoms in total. The fourth-order valence-electron chi connectivity index (χ4n) is 2.48. The molecule has 1 aromatic carbocycles. The van der Waals surface area contributed by atoms with Crippen LogP contribution in [0.25, 0.3) is 0 Å². The van der Waals surface area contributed by atoms with Gasteiger partial charge in [0.15, 0.2) is 17.3 Å². The van der Waals surface area contributed by atoms with E-state index in [-0.39, 0.29) is 12.2 Å². The minimum Gasteiger partial charge on any atom is -0.493 e. The average molecular weight is 379 g/mol. The molecule has 0 aromatic heterocycles. The Hall–Kier alpha value is -2.57. The van der Waals surface area contributed by atoms with Crippen LogP contribution in [0.15, 0.2) is 12.1 Å². The van der Waals surface area contributed by atoms with Crippen molar-refractivity contribution in [2.75, 3.05) is 20.8 Å². The second-order valence-corrected chi connectivity index (χ2v) is 7.03. The van der Waals surface area contributed by atoms with Gasteiger partial charge < -0.3 is 24.3 Å². The summed E-state index contributed by atoms with van der Waals surface area (Å²) in [5, 5.41) is 2.68. The van der Waals surface area contributed by atoms with Crippen LogP contribution < -0.4 is 14.8 Å². The number of Topliss-reactive ketones (excluding diaryl/α,β-unsaturated/α-hetero) is 1. The third-order valence-electron chi connectivity index (χ3n) is 3.70. The van der Waals surface area contributed by atoms with Crippen molar-refractivity contribution in [2.45, 2.75) is 52.1 Å². The van der Waals surface area contributed by atoms with E-state index in [9.17, 15) is 14.4 Å². The third kappa shape index (κ3) is 7.68. The number of ether oxygens (including phenoxy) is 3. The highest BCUT2D eigenvalue weighted by molar-refractivity contribution is 5.98. The summed E-state index contributed by atoms with van der Waals surface area (Å²) in [5.74, 6) is 0.888. The van der Waals surface area contributed by atoms with Gasteiger partial charge in [-0.2, -0.15) is 0 Å². The Balaban J connectivity index is 2.92. The lowest BCUT2D eigenvalue weighted by molar-refractivity contribution is -0.107. The van der Waals surface area contributed by atoms with E-state index in [2.05, 4.69) is 5.32 Å². The van der Waals surface area contributed by atoms with E-state index in [4.69, 9.17) is 14.2 Å². The first-order valence-corrected chi connectivity index (χ1v) is 8.90. The number of nitrogens with one attached hydrogen (secondary N) is 1. The Morgan fingerprint density at radius 1 is 1.11 bits per heavy atom. The molecule has 0 bridgehead atoms. The Morgan fingerprint density at radius 3 is 2.30 bits per heavy atom. The molecule has 27 heavy (non-hydrogen) atoms. The Morgan fingerprint density at radius 2 is 1.74 bits per heavy atom. The van der Waals surface area contributed by atoms with Crippen LogP contribution in [0.1, 0.15) is 56.0 Å². The number of amides is 1. The van der Waals surface area contributed by atoms with E-state index < -0.39 is 11.7 Å². The van der Waals surface area contributed by atoms with Crippen molar-refractivity contribution in [3.05, 3.63) is 23.3 Å². The van der Waals surface area contributed by atoms with E-state index in [1.54, 1.807) is 32.9 Å². The predicted octanol–water partition coefficient (Wildman–Crippen LogP) is 3.32. The van der Waals surface area contributed by atoms with Crippen molar-refractivity contribution in [3.63, 3.8) is 0 Å². The number of unbranched alkanes of at least 4 members (excludes halogenated alkanes) is 1. The summed E-state index contributed by atoms with van der Waals surface area (Å²) in [5.41, 5.74) is 0.664. The first-order valence-electron chi connectivity index (χ1n) is 8.90. The maximum absolute atomic E-state index is 12.6. The van der Waals surface area contributed by atoms with Crippen molar-refractivity contribution >= 4 is 18.2 Å². The number of ketones is 1. The van der Waals surface area contributed by atoms with Gasteiger partial charge in [-0.15, -0.1) is 0 Å². The van der Waals surface area contributed by atoms with Gasteiger partial charge >= 0.3 is 6.09 Å². The van der Waals surface area contributed by atoms with Crippen molar-refractivity contribution < 1.29 is 28.6 Å². The standard InChI is InChI=1S/C20H29NO6/c1-20(2,3)27-19(24)21-10-9-14-12-17(25-4)18(26-5)13-15(14)16(23)8-6-7-11-22/h11-13H,6-10H2,1-5H3,(H,21,24). The van der Waals surface area contributed by atoms with Gasteiger partial charge in [0.05, 0.1) is 14.2 Å². The Kier molecular flexibility index (Phi) is 8.78. The summed E-state index contributed by atoms with van der Waals surface area (Å²) in [6, 6.07) is 3.38. The summed E-state index contributed by atoms with van der Waals surface area (Å²) in [4.78, 5) is 34.8. The molecule has 0 radical (unpaired) electrons. The van der Waals surface area contributed by atoms with Crippen LogP contribution in [-0.2, 0) is 16.0 Å². The number of rotatable bonds is 10. The molecule has 0 heterocycles. The molecule has 0 saturated heterocycles. The maximum Gasteiger partial charge on any atom is 0.407 e. The largest absolute Gasteiger partial charge is 0.493 e. The molecule has 1 aromatic rings. The van der Waals surface area contributed by atoms with Crippen molar-refractivity contribution in [1.82, 2.24) is 5.32 Å². The highest BCUT2D eigenvalue weighted by Gasteiger charge is 2.18. The van der Waals surface area contributed by atoms with Gasteiger partial charge in [-0.25, -0.2) is 4.79 Å². The predicted molar refractivity (Wildman–Crippen MR) is 102 cm³/mol. The molecule has 7 heteroatoms. The number of aldehydes is 1. The number of alkyl carbamates (subject to hydrolysis) is 1. The first kappa shape index (κ1) is 22.5. The zero-order valence-corrected chi connectivity index (χ0v) is 16.7. The molecular weight excluding hydrogens is 350 g/mol. The topological polar surface area (TPSA) is 90.9 Å². The van der Waals surface area contributed by atoms with E-state index in [0.717, 1.165) is 11.8 Å². The third-order valence-corrected chi connectivity index (χ3v) is 3.70. The van der Waals surface area contributed by atoms with Gasteiger partial charge in [-0.05, 0) is 51.3 Å². The normalized spacial score (nSPS) is 10.9. The van der Waals surface area contributed by atoms with Crippen LogP contribution in [0.3, 0.4) is 0 Å². The SMILES string of the molecule is COc1cc(CCNC(=O)OC(C)(C)C)c(C(=O)CCCC=O)cc1OC. The Bertz CT molecular complexity index is 663. The van der Waals surface area contributed by atoms with E-state index >= 15 is 0 Å². The molecular formula is C20H29NO6. The van der Waals surface area contributed by atoms with Crippen molar-refractivity contribution in [2.24, 2.45) is 0 Å². The minimum atomic E-state index is -0.576. The molecule has 150 valence electrons. The number of hydrogen-bond donors (Lipinski definition) is 1. The van der Waals surface area contributed by atoms with Crippen LogP contribution in [0, 0.1) is 0 Å². The molecule has 0 aliphatic carbocycles. The molecule has 0 saturated carbocycles. The van der Waals surface area contributed by atoms with Gasteiger partial charge in [0.1, 0.15) is 11.9 Å². The lowest BCUT2D eigenvalue weighted by atomic mass is 9.97. The zero-order valence-electron chi connectivity index (χ0n) is 16.7. The van der Waals surface area contributed by atoms with Crippen LogP contribution in [0.2, 0.25) is 0 Å². The average Bonchev–Trinajstić information content (AvgIpc) is 2.59. The first-order chi connectivity index (χ1) is 12.7. The summed E-state index contributed by atoms with van der Waals surface area (Å²) in [6.45, 7) is 5.67. The molecule has 0 aliphatic heterocycles. The second kappa shape index (κ2) is 10.5.